The van der Waals surface area contributed by atoms with Crippen molar-refractivity contribution in [1.82, 2.24) is 4.90 Å². The van der Waals surface area contributed by atoms with E-state index in [1.54, 1.807) is 7.11 Å². The minimum atomic E-state index is 0.630. The predicted octanol–water partition coefficient (Wildman–Crippen LogP) is 3.82. The third-order valence-corrected chi connectivity index (χ3v) is 4.60. The molecule has 0 aromatic heterocycles. The van der Waals surface area contributed by atoms with Crippen LogP contribution in [0.5, 0.6) is 5.75 Å². The van der Waals surface area contributed by atoms with Crippen molar-refractivity contribution in [3.05, 3.63) is 29.3 Å². The van der Waals surface area contributed by atoms with E-state index in [4.69, 9.17) is 4.74 Å². The van der Waals surface area contributed by atoms with E-state index in [1.807, 2.05) is 12.1 Å². The largest absolute Gasteiger partial charge is 0.495 e. The van der Waals surface area contributed by atoms with Gasteiger partial charge in [0.2, 0.25) is 0 Å². The molecule has 0 aliphatic carbocycles. The quantitative estimate of drug-likeness (QED) is 0.844. The van der Waals surface area contributed by atoms with Gasteiger partial charge in [-0.05, 0) is 61.9 Å². The van der Waals surface area contributed by atoms with Crippen LogP contribution in [0.4, 0.5) is 0 Å². The summed E-state index contributed by atoms with van der Waals surface area (Å²) in [5.41, 5.74) is 1.83. The lowest BCUT2D eigenvalue weighted by atomic mass is 9.89. The molecule has 1 atom stereocenters. The summed E-state index contributed by atoms with van der Waals surface area (Å²) >= 11 is 0. The van der Waals surface area contributed by atoms with Crippen LogP contribution in [-0.2, 0) is 6.54 Å². The summed E-state index contributed by atoms with van der Waals surface area (Å²) in [5, 5.41) is 9.18. The predicted molar refractivity (Wildman–Crippen MR) is 85.2 cm³/mol. The van der Waals surface area contributed by atoms with Gasteiger partial charge in [-0.2, -0.15) is 5.26 Å². The van der Waals surface area contributed by atoms with Crippen molar-refractivity contribution in [2.75, 3.05) is 20.2 Å². The molecule has 3 nitrogen and oxygen atoms in total. The van der Waals surface area contributed by atoms with Gasteiger partial charge in [0.05, 0.1) is 12.7 Å². The zero-order chi connectivity index (χ0) is 15.2. The third-order valence-electron chi connectivity index (χ3n) is 4.60. The Morgan fingerprint density at radius 1 is 1.33 bits per heavy atom. The maximum Gasteiger partial charge on any atom is 0.136 e. The molecule has 2 rings (SSSR count). The molecule has 1 aromatic rings. The van der Waals surface area contributed by atoms with Gasteiger partial charge in [-0.25, -0.2) is 0 Å². The molecule has 114 valence electrons. The van der Waals surface area contributed by atoms with E-state index in [-0.39, 0.29) is 0 Å². The van der Waals surface area contributed by atoms with Gasteiger partial charge in [-0.15, -0.1) is 0 Å². The minimum Gasteiger partial charge on any atom is -0.495 e. The minimum absolute atomic E-state index is 0.630. The van der Waals surface area contributed by atoms with Crippen LogP contribution < -0.4 is 4.74 Å². The van der Waals surface area contributed by atoms with Crippen LogP contribution in [-0.4, -0.2) is 25.1 Å². The molecule has 0 bridgehead atoms. The molecule has 0 N–H and O–H groups in total. The first kappa shape index (κ1) is 15.9. The van der Waals surface area contributed by atoms with Crippen LogP contribution >= 0.6 is 0 Å². The molecule has 1 unspecified atom stereocenters. The number of rotatable bonds is 4. The summed E-state index contributed by atoms with van der Waals surface area (Å²) < 4.78 is 5.21. The highest BCUT2D eigenvalue weighted by molar-refractivity contribution is 5.45. The normalized spacial score (nSPS) is 20.0. The second-order valence-electron chi connectivity index (χ2n) is 6.36. The fourth-order valence-corrected chi connectivity index (χ4v) is 3.21. The van der Waals surface area contributed by atoms with E-state index < -0.39 is 0 Å². The van der Waals surface area contributed by atoms with Gasteiger partial charge in [-0.3, -0.25) is 4.90 Å². The van der Waals surface area contributed by atoms with Crippen molar-refractivity contribution in [2.24, 2.45) is 11.8 Å². The van der Waals surface area contributed by atoms with Gasteiger partial charge in [-0.1, -0.05) is 19.9 Å². The van der Waals surface area contributed by atoms with Crippen molar-refractivity contribution < 1.29 is 4.74 Å². The van der Waals surface area contributed by atoms with E-state index >= 15 is 0 Å². The van der Waals surface area contributed by atoms with Gasteiger partial charge < -0.3 is 4.74 Å². The summed E-state index contributed by atoms with van der Waals surface area (Å²) in [5.74, 6) is 2.31. The molecule has 1 aliphatic heterocycles. The average molecular weight is 286 g/mol. The first-order valence-electron chi connectivity index (χ1n) is 7.93. The van der Waals surface area contributed by atoms with Crippen LogP contribution in [0.1, 0.15) is 44.2 Å². The molecular formula is C18H26N2O. The number of likely N-dealkylation sites (tertiary alicyclic amines) is 1. The van der Waals surface area contributed by atoms with Crippen LogP contribution in [0.15, 0.2) is 18.2 Å². The van der Waals surface area contributed by atoms with Crippen molar-refractivity contribution in [2.45, 2.75) is 39.7 Å². The zero-order valence-electron chi connectivity index (χ0n) is 13.4. The Morgan fingerprint density at radius 2 is 2.14 bits per heavy atom. The number of nitriles is 1. The molecule has 1 saturated heterocycles. The molecule has 0 radical (unpaired) electrons. The zero-order valence-corrected chi connectivity index (χ0v) is 13.4. The molecule has 0 spiro atoms. The van der Waals surface area contributed by atoms with E-state index in [0.717, 1.165) is 31.5 Å². The number of nitrogens with zero attached hydrogens (tertiary/aromatic N) is 2. The van der Waals surface area contributed by atoms with E-state index in [9.17, 15) is 5.26 Å². The van der Waals surface area contributed by atoms with Crippen molar-refractivity contribution in [3.8, 4) is 11.8 Å². The topological polar surface area (TPSA) is 36.3 Å². The molecule has 1 fully saturated rings. The second kappa shape index (κ2) is 7.47. The lowest BCUT2D eigenvalue weighted by Crippen LogP contribution is -2.24. The monoisotopic (exact) mass is 286 g/mol. The fraction of sp³-hybridized carbons (Fsp3) is 0.611. The summed E-state index contributed by atoms with van der Waals surface area (Å²) in [7, 11) is 1.61. The molecule has 1 aliphatic rings. The summed E-state index contributed by atoms with van der Waals surface area (Å²) in [6.45, 7) is 7.93. The van der Waals surface area contributed by atoms with Crippen LogP contribution in [0, 0.1) is 23.2 Å². The first-order chi connectivity index (χ1) is 10.1. The lowest BCUT2D eigenvalue weighted by molar-refractivity contribution is 0.264. The van der Waals surface area contributed by atoms with Crippen LogP contribution in [0.2, 0.25) is 0 Å². The Balaban J connectivity index is 2.00. The van der Waals surface area contributed by atoms with Gasteiger partial charge in [0.1, 0.15) is 11.8 Å². The Labute approximate surface area is 128 Å². The maximum atomic E-state index is 9.18. The first-order valence-corrected chi connectivity index (χ1v) is 7.93. The highest BCUT2D eigenvalue weighted by Gasteiger charge is 2.19. The standard InChI is InChI=1S/C18H26N2O/c1-14(2)16-5-4-9-20(10-8-16)13-15-6-7-18(21-3)17(11-15)12-19/h6-7,11,14,16H,4-5,8-10,13H2,1-3H3. The SMILES string of the molecule is COc1ccc(CN2CCCC(C(C)C)CC2)cc1C#N. The van der Waals surface area contributed by atoms with Gasteiger partial charge in [0, 0.05) is 6.54 Å². The van der Waals surface area contributed by atoms with Gasteiger partial charge in [0.25, 0.3) is 0 Å². The molecule has 0 saturated carbocycles. The number of methoxy groups -OCH3 is 1. The lowest BCUT2D eigenvalue weighted by Gasteiger charge is -2.21. The summed E-state index contributed by atoms with van der Waals surface area (Å²) in [6.07, 6.45) is 3.92. The van der Waals surface area contributed by atoms with E-state index in [0.29, 0.717) is 11.3 Å². The Kier molecular flexibility index (Phi) is 5.64. The average Bonchev–Trinajstić information content (AvgIpc) is 2.72. The van der Waals surface area contributed by atoms with E-state index in [2.05, 4.69) is 30.9 Å². The van der Waals surface area contributed by atoms with Gasteiger partial charge in [0.15, 0.2) is 0 Å². The Bertz CT molecular complexity index is 504. The third kappa shape index (κ3) is 4.22. The summed E-state index contributed by atoms with van der Waals surface area (Å²) in [6, 6.07) is 8.16. The molecule has 1 heterocycles. The molecule has 3 heteroatoms. The highest BCUT2D eigenvalue weighted by atomic mass is 16.5. The maximum absolute atomic E-state index is 9.18. The van der Waals surface area contributed by atoms with E-state index in [1.165, 1.54) is 24.8 Å². The van der Waals surface area contributed by atoms with Gasteiger partial charge >= 0.3 is 0 Å². The Morgan fingerprint density at radius 3 is 2.81 bits per heavy atom. The molecular weight excluding hydrogens is 260 g/mol. The number of ether oxygens (including phenoxy) is 1. The van der Waals surface area contributed by atoms with Crippen LogP contribution in [0.3, 0.4) is 0 Å². The van der Waals surface area contributed by atoms with Crippen molar-refractivity contribution in [1.29, 1.82) is 5.26 Å². The fourth-order valence-electron chi connectivity index (χ4n) is 3.21. The number of benzene rings is 1. The molecule has 0 amide bonds. The Hall–Kier alpha value is -1.53. The highest BCUT2D eigenvalue weighted by Crippen LogP contribution is 2.26. The van der Waals surface area contributed by atoms with Crippen molar-refractivity contribution in [3.63, 3.8) is 0 Å². The second-order valence-corrected chi connectivity index (χ2v) is 6.36. The number of hydrogen-bond acceptors (Lipinski definition) is 3. The molecule has 21 heavy (non-hydrogen) atoms. The number of hydrogen-bond donors (Lipinski definition) is 0. The smallest absolute Gasteiger partial charge is 0.136 e. The molecule has 1 aromatic carbocycles. The van der Waals surface area contributed by atoms with Crippen LogP contribution in [0.25, 0.3) is 0 Å². The van der Waals surface area contributed by atoms with Crippen molar-refractivity contribution >= 4 is 0 Å². The summed E-state index contributed by atoms with van der Waals surface area (Å²) in [4.78, 5) is 2.52.